The van der Waals surface area contributed by atoms with E-state index < -0.39 is 0 Å². The van der Waals surface area contributed by atoms with Crippen LogP contribution in [0.25, 0.3) is 0 Å². The van der Waals surface area contributed by atoms with E-state index in [0.29, 0.717) is 17.1 Å². The standard InChI is InChI=1S/C24H41NO/c1-16-5-7-18-17(15-16)6-8-20-19(18)11-13-24(2)21(20)9-10-22(24)23(26)12-14-25(3)4/h16-22H,5-15H2,1-4H3. The number of ketones is 1. The van der Waals surface area contributed by atoms with Crippen LogP contribution in [-0.4, -0.2) is 31.3 Å². The fraction of sp³-hybridized carbons (Fsp3) is 0.958. The monoisotopic (exact) mass is 359 g/mol. The SMILES string of the molecule is CC1CCC2C(CCC3C2CCC2(C)C(C(=O)CCN(C)C)CCC32)C1. The average Bonchev–Trinajstić information content (AvgIpc) is 2.96. The summed E-state index contributed by atoms with van der Waals surface area (Å²) in [7, 11) is 4.17. The zero-order valence-corrected chi connectivity index (χ0v) is 17.7. The van der Waals surface area contributed by atoms with Crippen LogP contribution in [0.3, 0.4) is 0 Å². The lowest BCUT2D eigenvalue weighted by Crippen LogP contribution is -2.49. The Morgan fingerprint density at radius 1 is 0.962 bits per heavy atom. The molecule has 0 aliphatic heterocycles. The van der Waals surface area contributed by atoms with E-state index in [-0.39, 0.29) is 0 Å². The molecular weight excluding hydrogens is 318 g/mol. The Balaban J connectivity index is 1.47. The van der Waals surface area contributed by atoms with Crippen molar-refractivity contribution in [3.8, 4) is 0 Å². The number of carbonyl (C=O) groups is 1. The van der Waals surface area contributed by atoms with Gasteiger partial charge < -0.3 is 4.90 Å². The molecule has 0 aromatic carbocycles. The first-order chi connectivity index (χ1) is 12.4. The van der Waals surface area contributed by atoms with Crippen LogP contribution >= 0.6 is 0 Å². The first-order valence-electron chi connectivity index (χ1n) is 11.6. The number of hydrogen-bond donors (Lipinski definition) is 0. The Hall–Kier alpha value is -0.370. The van der Waals surface area contributed by atoms with E-state index in [1.54, 1.807) is 0 Å². The van der Waals surface area contributed by atoms with Crippen LogP contribution in [0.4, 0.5) is 0 Å². The molecule has 4 saturated carbocycles. The summed E-state index contributed by atoms with van der Waals surface area (Å²) in [5.74, 6) is 6.73. The highest BCUT2D eigenvalue weighted by Gasteiger charge is 2.58. The van der Waals surface area contributed by atoms with E-state index in [4.69, 9.17) is 0 Å². The van der Waals surface area contributed by atoms with Gasteiger partial charge in [0.1, 0.15) is 5.78 Å². The summed E-state index contributed by atoms with van der Waals surface area (Å²) in [4.78, 5) is 15.2. The van der Waals surface area contributed by atoms with Gasteiger partial charge in [0.15, 0.2) is 0 Å². The average molecular weight is 360 g/mol. The first kappa shape index (κ1) is 19.0. The molecule has 4 aliphatic rings. The molecule has 2 nitrogen and oxygen atoms in total. The Morgan fingerprint density at radius 3 is 2.50 bits per heavy atom. The zero-order valence-electron chi connectivity index (χ0n) is 17.7. The van der Waals surface area contributed by atoms with Crippen LogP contribution in [0.15, 0.2) is 0 Å². The number of fused-ring (bicyclic) bond motifs is 5. The molecule has 0 bridgehead atoms. The van der Waals surface area contributed by atoms with Crippen LogP contribution < -0.4 is 0 Å². The Labute approximate surface area is 161 Å². The predicted octanol–water partition coefficient (Wildman–Crippen LogP) is 5.41. The molecule has 0 aromatic heterocycles. The number of Topliss-reactive ketones (excluding diaryl/α,β-unsaturated/α-hetero) is 1. The van der Waals surface area contributed by atoms with Gasteiger partial charge in [-0.1, -0.05) is 20.3 Å². The molecular formula is C24H41NO. The summed E-state index contributed by atoms with van der Waals surface area (Å²) in [6.07, 6.45) is 13.5. The summed E-state index contributed by atoms with van der Waals surface area (Å²) < 4.78 is 0. The third-order valence-electron chi connectivity index (χ3n) is 9.41. The topological polar surface area (TPSA) is 20.3 Å². The minimum Gasteiger partial charge on any atom is -0.309 e. The molecule has 4 fully saturated rings. The maximum atomic E-state index is 13.0. The molecule has 8 unspecified atom stereocenters. The highest BCUT2D eigenvalue weighted by molar-refractivity contribution is 5.82. The quantitative estimate of drug-likeness (QED) is 0.668. The molecule has 0 N–H and O–H groups in total. The molecule has 0 heterocycles. The summed E-state index contributed by atoms with van der Waals surface area (Å²) in [5.41, 5.74) is 0.319. The van der Waals surface area contributed by atoms with Gasteiger partial charge >= 0.3 is 0 Å². The number of carbonyl (C=O) groups excluding carboxylic acids is 1. The summed E-state index contributed by atoms with van der Waals surface area (Å²) in [6.45, 7) is 5.90. The highest BCUT2D eigenvalue weighted by Crippen LogP contribution is 2.64. The van der Waals surface area contributed by atoms with Gasteiger partial charge in [0.2, 0.25) is 0 Å². The van der Waals surface area contributed by atoms with E-state index in [9.17, 15) is 4.79 Å². The van der Waals surface area contributed by atoms with Crippen LogP contribution in [0, 0.1) is 46.8 Å². The molecule has 0 radical (unpaired) electrons. The van der Waals surface area contributed by atoms with Crippen molar-refractivity contribution in [1.29, 1.82) is 0 Å². The van der Waals surface area contributed by atoms with E-state index in [2.05, 4.69) is 32.8 Å². The fourth-order valence-corrected chi connectivity index (χ4v) is 8.12. The normalized spacial score (nSPS) is 48.0. The molecule has 8 atom stereocenters. The molecule has 0 spiro atoms. The van der Waals surface area contributed by atoms with Gasteiger partial charge in [0.05, 0.1) is 0 Å². The van der Waals surface area contributed by atoms with Crippen molar-refractivity contribution in [2.45, 2.75) is 78.1 Å². The van der Waals surface area contributed by atoms with Crippen LogP contribution in [0.2, 0.25) is 0 Å². The third-order valence-corrected chi connectivity index (χ3v) is 9.41. The molecule has 4 aliphatic carbocycles. The number of hydrogen-bond acceptors (Lipinski definition) is 2. The molecule has 0 aromatic rings. The Kier molecular flexibility index (Phi) is 5.27. The summed E-state index contributed by atoms with van der Waals surface area (Å²) in [5, 5.41) is 0. The maximum Gasteiger partial charge on any atom is 0.137 e. The lowest BCUT2D eigenvalue weighted by molar-refractivity contribution is -0.130. The van der Waals surface area contributed by atoms with Crippen molar-refractivity contribution >= 4 is 5.78 Å². The van der Waals surface area contributed by atoms with Crippen molar-refractivity contribution < 1.29 is 4.79 Å². The lowest BCUT2D eigenvalue weighted by atomic mass is 9.49. The second kappa shape index (κ2) is 7.22. The lowest BCUT2D eigenvalue weighted by Gasteiger charge is -2.56. The van der Waals surface area contributed by atoms with Gasteiger partial charge in [-0.3, -0.25) is 4.79 Å². The molecule has 26 heavy (non-hydrogen) atoms. The highest BCUT2D eigenvalue weighted by atomic mass is 16.1. The van der Waals surface area contributed by atoms with Crippen LogP contribution in [-0.2, 0) is 4.79 Å². The fourth-order valence-electron chi connectivity index (χ4n) is 8.12. The van der Waals surface area contributed by atoms with Gasteiger partial charge in [-0.15, -0.1) is 0 Å². The van der Waals surface area contributed by atoms with Gasteiger partial charge in [-0.05, 0) is 106 Å². The third kappa shape index (κ3) is 3.19. The Bertz CT molecular complexity index is 528. The molecule has 0 amide bonds. The second-order valence-electron chi connectivity index (χ2n) is 11.0. The van der Waals surface area contributed by atoms with Crippen molar-refractivity contribution in [1.82, 2.24) is 4.90 Å². The summed E-state index contributed by atoms with van der Waals surface area (Å²) in [6, 6.07) is 0. The minimum atomic E-state index is 0.319. The smallest absolute Gasteiger partial charge is 0.137 e. The van der Waals surface area contributed by atoms with E-state index >= 15 is 0 Å². The van der Waals surface area contributed by atoms with E-state index in [0.717, 1.165) is 48.5 Å². The number of rotatable bonds is 4. The molecule has 148 valence electrons. The molecule has 2 heteroatoms. The maximum absolute atomic E-state index is 13.0. The van der Waals surface area contributed by atoms with E-state index in [1.807, 2.05) is 0 Å². The van der Waals surface area contributed by atoms with Crippen LogP contribution in [0.5, 0.6) is 0 Å². The van der Waals surface area contributed by atoms with E-state index in [1.165, 1.54) is 57.8 Å². The zero-order chi connectivity index (χ0) is 18.5. The number of nitrogens with zero attached hydrogens (tertiary/aromatic N) is 1. The van der Waals surface area contributed by atoms with Crippen LogP contribution in [0.1, 0.15) is 78.1 Å². The Morgan fingerprint density at radius 2 is 1.73 bits per heavy atom. The first-order valence-corrected chi connectivity index (χ1v) is 11.6. The second-order valence-corrected chi connectivity index (χ2v) is 11.0. The van der Waals surface area contributed by atoms with Crippen molar-refractivity contribution in [3.63, 3.8) is 0 Å². The van der Waals surface area contributed by atoms with Gasteiger partial charge in [0, 0.05) is 18.9 Å². The molecule has 0 saturated heterocycles. The molecule has 4 rings (SSSR count). The minimum absolute atomic E-state index is 0.319. The van der Waals surface area contributed by atoms with Gasteiger partial charge in [-0.2, -0.15) is 0 Å². The van der Waals surface area contributed by atoms with Gasteiger partial charge in [0.25, 0.3) is 0 Å². The van der Waals surface area contributed by atoms with Crippen molar-refractivity contribution in [3.05, 3.63) is 0 Å². The van der Waals surface area contributed by atoms with Crippen molar-refractivity contribution in [2.75, 3.05) is 20.6 Å². The summed E-state index contributed by atoms with van der Waals surface area (Å²) >= 11 is 0. The predicted molar refractivity (Wildman–Crippen MR) is 108 cm³/mol. The largest absolute Gasteiger partial charge is 0.309 e. The van der Waals surface area contributed by atoms with Gasteiger partial charge in [-0.25, -0.2) is 0 Å². The van der Waals surface area contributed by atoms with Crippen molar-refractivity contribution in [2.24, 2.45) is 46.8 Å².